The SMILES string of the molecule is CCCCCc1ccc(-c2csc(N(Cc3ccc(C(=O)NCCC(=O)O)cc3)c3ccc(C(C)CC)cc3)n2)cc1. The van der Waals surface area contributed by atoms with Gasteiger partial charge in [-0.1, -0.05) is 82.1 Å². The number of carbonyl (C=O) groups excluding carboxylic acids is 1. The normalized spacial score (nSPS) is 11.7. The highest BCUT2D eigenvalue weighted by atomic mass is 32.1. The van der Waals surface area contributed by atoms with Crippen molar-refractivity contribution < 1.29 is 14.7 Å². The fourth-order valence-electron chi connectivity index (χ4n) is 4.76. The number of nitrogens with zero attached hydrogens (tertiary/aromatic N) is 2. The highest BCUT2D eigenvalue weighted by Gasteiger charge is 2.17. The van der Waals surface area contributed by atoms with Crippen LogP contribution in [-0.4, -0.2) is 28.5 Å². The van der Waals surface area contributed by atoms with Gasteiger partial charge in [0.25, 0.3) is 5.91 Å². The molecule has 1 aromatic heterocycles. The van der Waals surface area contributed by atoms with E-state index in [1.807, 2.05) is 12.1 Å². The second kappa shape index (κ2) is 15.3. The quantitative estimate of drug-likeness (QED) is 0.137. The Morgan fingerprint density at radius 3 is 2.26 bits per heavy atom. The average Bonchev–Trinajstić information content (AvgIpc) is 3.50. The van der Waals surface area contributed by atoms with Crippen LogP contribution < -0.4 is 10.2 Å². The summed E-state index contributed by atoms with van der Waals surface area (Å²) >= 11 is 1.62. The molecule has 0 aliphatic carbocycles. The molecule has 0 bridgehead atoms. The molecular formula is C35H41N3O3S. The molecule has 7 heteroatoms. The van der Waals surface area contributed by atoms with Gasteiger partial charge in [0.2, 0.25) is 0 Å². The number of carbonyl (C=O) groups is 2. The van der Waals surface area contributed by atoms with Gasteiger partial charge in [0.1, 0.15) is 0 Å². The fraction of sp³-hybridized carbons (Fsp3) is 0.343. The van der Waals surface area contributed by atoms with E-state index < -0.39 is 5.97 Å². The van der Waals surface area contributed by atoms with Gasteiger partial charge in [-0.15, -0.1) is 11.3 Å². The summed E-state index contributed by atoms with van der Waals surface area (Å²) in [5, 5.41) is 14.5. The highest BCUT2D eigenvalue weighted by Crippen LogP contribution is 2.34. The number of benzene rings is 3. The predicted octanol–water partition coefficient (Wildman–Crippen LogP) is 8.60. The van der Waals surface area contributed by atoms with Crippen LogP contribution in [0.15, 0.2) is 78.2 Å². The topological polar surface area (TPSA) is 82.5 Å². The predicted molar refractivity (Wildman–Crippen MR) is 173 cm³/mol. The van der Waals surface area contributed by atoms with Gasteiger partial charge in [-0.2, -0.15) is 0 Å². The second-order valence-electron chi connectivity index (χ2n) is 10.8. The minimum Gasteiger partial charge on any atom is -0.481 e. The molecule has 1 unspecified atom stereocenters. The van der Waals surface area contributed by atoms with Crippen molar-refractivity contribution in [1.82, 2.24) is 10.3 Å². The molecular weight excluding hydrogens is 542 g/mol. The summed E-state index contributed by atoms with van der Waals surface area (Å²) in [5.74, 6) is -0.716. The van der Waals surface area contributed by atoms with Gasteiger partial charge in [0, 0.05) is 28.7 Å². The van der Waals surface area contributed by atoms with Gasteiger partial charge in [0.05, 0.1) is 18.7 Å². The molecule has 0 spiro atoms. The van der Waals surface area contributed by atoms with Crippen LogP contribution in [0, 0.1) is 0 Å². The highest BCUT2D eigenvalue weighted by molar-refractivity contribution is 7.14. The number of anilines is 2. The summed E-state index contributed by atoms with van der Waals surface area (Å²) in [5.41, 5.74) is 7.36. The molecule has 0 fully saturated rings. The smallest absolute Gasteiger partial charge is 0.305 e. The molecule has 0 aliphatic rings. The lowest BCUT2D eigenvalue weighted by atomic mass is 9.98. The van der Waals surface area contributed by atoms with Gasteiger partial charge in [0.15, 0.2) is 5.13 Å². The molecule has 0 radical (unpaired) electrons. The lowest BCUT2D eigenvalue weighted by molar-refractivity contribution is -0.136. The number of unbranched alkanes of at least 4 members (excludes halogenated alkanes) is 2. The number of hydrogen-bond acceptors (Lipinski definition) is 5. The summed E-state index contributed by atoms with van der Waals surface area (Å²) in [4.78, 5) is 30.4. The molecule has 42 heavy (non-hydrogen) atoms. The summed E-state index contributed by atoms with van der Waals surface area (Å²) in [7, 11) is 0. The molecule has 2 N–H and O–H groups in total. The molecule has 0 aliphatic heterocycles. The number of aromatic nitrogens is 1. The van der Waals surface area contributed by atoms with Crippen LogP contribution in [-0.2, 0) is 17.8 Å². The maximum absolute atomic E-state index is 12.4. The summed E-state index contributed by atoms with van der Waals surface area (Å²) in [6.45, 7) is 7.37. The third kappa shape index (κ3) is 8.52. The van der Waals surface area contributed by atoms with E-state index in [2.05, 4.69) is 84.9 Å². The van der Waals surface area contributed by atoms with Gasteiger partial charge < -0.3 is 15.3 Å². The van der Waals surface area contributed by atoms with E-state index in [4.69, 9.17) is 10.1 Å². The first-order chi connectivity index (χ1) is 20.4. The molecule has 0 saturated heterocycles. The van der Waals surface area contributed by atoms with Crippen molar-refractivity contribution in [3.63, 3.8) is 0 Å². The third-order valence-electron chi connectivity index (χ3n) is 7.61. The molecule has 1 atom stereocenters. The number of aliphatic carboxylic acids is 1. The Balaban J connectivity index is 1.55. The number of carboxylic acid groups (broad SMARTS) is 1. The molecule has 3 aromatic carbocycles. The largest absolute Gasteiger partial charge is 0.481 e. The minimum absolute atomic E-state index is 0.101. The van der Waals surface area contributed by atoms with E-state index in [1.165, 1.54) is 30.4 Å². The van der Waals surface area contributed by atoms with Crippen molar-refractivity contribution in [3.8, 4) is 11.3 Å². The van der Waals surface area contributed by atoms with Crippen LogP contribution in [0.3, 0.4) is 0 Å². The number of aryl methyl sites for hydroxylation is 1. The van der Waals surface area contributed by atoms with Gasteiger partial charge in [-0.25, -0.2) is 4.98 Å². The van der Waals surface area contributed by atoms with Gasteiger partial charge >= 0.3 is 5.97 Å². The van der Waals surface area contributed by atoms with E-state index >= 15 is 0 Å². The van der Waals surface area contributed by atoms with Crippen LogP contribution in [0.2, 0.25) is 0 Å². The number of hydrogen-bond donors (Lipinski definition) is 2. The number of rotatable bonds is 15. The second-order valence-corrected chi connectivity index (χ2v) is 11.6. The maximum atomic E-state index is 12.4. The standard InChI is InChI=1S/C35H41N3O3S/c1-4-6-7-8-26-9-13-29(14-10-26)32-24-42-35(37-32)38(31-19-17-28(18-20-31)25(3)5-2)23-27-11-15-30(16-12-27)34(41)36-22-21-33(39)40/h9-20,24-25H,4-8,21-23H2,1-3H3,(H,36,41)(H,39,40). The van der Waals surface area contributed by atoms with Crippen LogP contribution in [0.1, 0.15) is 85.8 Å². The lowest BCUT2D eigenvalue weighted by Crippen LogP contribution is -2.26. The Hall–Kier alpha value is -3.97. The molecule has 4 aromatic rings. The van der Waals surface area contributed by atoms with E-state index in [1.54, 1.807) is 23.5 Å². The van der Waals surface area contributed by atoms with Crippen molar-refractivity contribution in [3.05, 3.63) is 100 Å². The Morgan fingerprint density at radius 2 is 1.62 bits per heavy atom. The molecule has 0 saturated carbocycles. The molecule has 1 amide bonds. The van der Waals surface area contributed by atoms with Gasteiger partial charge in [-0.05, 0) is 66.1 Å². The van der Waals surface area contributed by atoms with E-state index in [0.717, 1.165) is 40.5 Å². The van der Waals surface area contributed by atoms with Crippen molar-refractivity contribution in [2.45, 2.75) is 71.8 Å². The third-order valence-corrected chi connectivity index (χ3v) is 8.47. The number of carboxylic acids is 1. The van der Waals surface area contributed by atoms with E-state index in [9.17, 15) is 9.59 Å². The Labute approximate surface area is 253 Å². The van der Waals surface area contributed by atoms with Crippen LogP contribution in [0.5, 0.6) is 0 Å². The first kappa shape index (κ1) is 31.0. The summed E-state index contributed by atoms with van der Waals surface area (Å²) in [6, 6.07) is 25.0. The Kier molecular flexibility index (Phi) is 11.3. The van der Waals surface area contributed by atoms with Crippen molar-refractivity contribution in [2.75, 3.05) is 11.4 Å². The first-order valence-corrected chi connectivity index (χ1v) is 15.8. The molecule has 220 valence electrons. The first-order valence-electron chi connectivity index (χ1n) is 14.9. The number of thiazole rings is 1. The van der Waals surface area contributed by atoms with E-state index in [-0.39, 0.29) is 18.9 Å². The van der Waals surface area contributed by atoms with Crippen molar-refractivity contribution in [1.29, 1.82) is 0 Å². The van der Waals surface area contributed by atoms with Crippen LogP contribution >= 0.6 is 11.3 Å². The van der Waals surface area contributed by atoms with Crippen LogP contribution in [0.25, 0.3) is 11.3 Å². The zero-order valence-electron chi connectivity index (χ0n) is 24.8. The van der Waals surface area contributed by atoms with Crippen LogP contribution in [0.4, 0.5) is 10.8 Å². The summed E-state index contributed by atoms with van der Waals surface area (Å²) < 4.78 is 0. The summed E-state index contributed by atoms with van der Waals surface area (Å²) in [6.07, 6.45) is 5.80. The Morgan fingerprint density at radius 1 is 0.929 bits per heavy atom. The minimum atomic E-state index is -0.937. The monoisotopic (exact) mass is 583 g/mol. The zero-order chi connectivity index (χ0) is 29.9. The van der Waals surface area contributed by atoms with Crippen molar-refractivity contribution in [2.24, 2.45) is 0 Å². The molecule has 1 heterocycles. The lowest BCUT2D eigenvalue weighted by Gasteiger charge is -2.23. The fourth-order valence-corrected chi connectivity index (χ4v) is 5.61. The molecule has 4 rings (SSSR count). The van der Waals surface area contributed by atoms with Gasteiger partial charge in [-0.3, -0.25) is 9.59 Å². The molecule has 6 nitrogen and oxygen atoms in total. The number of nitrogens with one attached hydrogen (secondary N) is 1. The van der Waals surface area contributed by atoms with E-state index in [0.29, 0.717) is 18.0 Å². The average molecular weight is 584 g/mol. The number of amides is 1. The zero-order valence-corrected chi connectivity index (χ0v) is 25.6. The maximum Gasteiger partial charge on any atom is 0.305 e. The van der Waals surface area contributed by atoms with Crippen molar-refractivity contribution >= 4 is 34.0 Å². The Bertz CT molecular complexity index is 1430.